The van der Waals surface area contributed by atoms with Gasteiger partial charge in [-0.15, -0.1) is 0 Å². The number of ether oxygens (including phenoxy) is 1. The van der Waals surface area contributed by atoms with Gasteiger partial charge in [0.2, 0.25) is 5.88 Å². The van der Waals surface area contributed by atoms with Crippen molar-refractivity contribution in [2.75, 3.05) is 27.2 Å². The largest absolute Gasteiger partial charge is 0.481 e. The minimum atomic E-state index is 0.444. The van der Waals surface area contributed by atoms with Gasteiger partial charge in [0.1, 0.15) is 5.52 Å². The molecule has 1 N–H and O–H groups in total. The van der Waals surface area contributed by atoms with Crippen LogP contribution in [-0.2, 0) is 0 Å². The molecular weight excluding hydrogens is 414 g/mol. The molecule has 0 aliphatic carbocycles. The number of aromatic amines is 1. The van der Waals surface area contributed by atoms with Crippen molar-refractivity contribution in [3.8, 4) is 28.3 Å². The molecule has 33 heavy (non-hydrogen) atoms. The molecule has 8 nitrogen and oxygen atoms in total. The summed E-state index contributed by atoms with van der Waals surface area (Å²) in [7, 11) is 3.80. The van der Waals surface area contributed by atoms with Crippen LogP contribution in [-0.4, -0.2) is 61.6 Å². The van der Waals surface area contributed by atoms with Crippen molar-refractivity contribution in [3.05, 3.63) is 55.2 Å². The molecule has 0 bridgehead atoms. The van der Waals surface area contributed by atoms with Gasteiger partial charge in [-0.2, -0.15) is 0 Å². The highest BCUT2D eigenvalue weighted by atomic mass is 16.5. The Kier molecular flexibility index (Phi) is 4.80. The molecule has 6 rings (SSSR count). The van der Waals surface area contributed by atoms with Crippen molar-refractivity contribution in [1.29, 1.82) is 0 Å². The number of nitrogens with one attached hydrogen (secondary N) is 1. The lowest BCUT2D eigenvalue weighted by Crippen LogP contribution is -2.33. The molecule has 1 unspecified atom stereocenters. The molecule has 0 amide bonds. The van der Waals surface area contributed by atoms with Crippen LogP contribution in [0.4, 0.5) is 0 Å². The molecule has 0 saturated carbocycles. The summed E-state index contributed by atoms with van der Waals surface area (Å²) in [6.45, 7) is 2.21. The number of hydrogen-bond acceptors (Lipinski definition) is 6. The molecule has 1 aliphatic rings. The molecule has 1 aromatic carbocycles. The van der Waals surface area contributed by atoms with Gasteiger partial charge in [-0.25, -0.2) is 19.9 Å². The molecule has 5 heterocycles. The number of fused-ring (bicyclic) bond motifs is 2. The molecule has 1 saturated heterocycles. The monoisotopic (exact) mass is 439 g/mol. The number of likely N-dealkylation sites (tertiary alicyclic amines) is 1. The highest BCUT2D eigenvalue weighted by molar-refractivity contribution is 5.94. The molecule has 0 radical (unpaired) electrons. The molecule has 0 spiro atoms. The van der Waals surface area contributed by atoms with E-state index in [1.165, 1.54) is 12.8 Å². The van der Waals surface area contributed by atoms with Crippen molar-refractivity contribution in [2.45, 2.75) is 18.9 Å². The summed E-state index contributed by atoms with van der Waals surface area (Å²) >= 11 is 0. The number of hydrogen-bond donors (Lipinski definition) is 1. The molecule has 166 valence electrons. The van der Waals surface area contributed by atoms with Gasteiger partial charge in [0.05, 0.1) is 36.4 Å². The van der Waals surface area contributed by atoms with E-state index in [1.54, 1.807) is 19.5 Å². The smallest absolute Gasteiger partial charge is 0.213 e. The van der Waals surface area contributed by atoms with E-state index >= 15 is 0 Å². The number of pyridine rings is 1. The van der Waals surface area contributed by atoms with Crippen molar-refractivity contribution < 1.29 is 4.74 Å². The Morgan fingerprint density at radius 1 is 1.09 bits per heavy atom. The normalized spacial score (nSPS) is 17.1. The molecule has 5 aromatic rings. The lowest BCUT2D eigenvalue weighted by molar-refractivity contribution is 0.214. The average molecular weight is 440 g/mol. The van der Waals surface area contributed by atoms with Gasteiger partial charge in [-0.1, -0.05) is 6.07 Å². The van der Waals surface area contributed by atoms with Gasteiger partial charge in [0.25, 0.3) is 0 Å². The summed E-state index contributed by atoms with van der Waals surface area (Å²) in [6.07, 6.45) is 9.85. The Labute approximate surface area is 191 Å². The zero-order valence-electron chi connectivity index (χ0n) is 18.7. The summed E-state index contributed by atoms with van der Waals surface area (Å²) in [5, 5.41) is 0. The standard InChI is InChI=1S/C25H25N7O/c1-31-9-3-4-18(14-31)32-15-29-20-6-5-16(10-22(20)32)19-12-27-25-24(19)30-21(13-28-25)17-7-8-26-23(11-17)33-2/h5-8,10-13,15,18H,3-4,9,14H2,1-2H3,(H,27,28). The topological polar surface area (TPSA) is 84.8 Å². The van der Waals surface area contributed by atoms with Crippen LogP contribution in [0.5, 0.6) is 5.88 Å². The van der Waals surface area contributed by atoms with Gasteiger partial charge < -0.3 is 19.2 Å². The van der Waals surface area contributed by atoms with E-state index in [0.717, 1.165) is 57.7 Å². The van der Waals surface area contributed by atoms with Crippen LogP contribution in [0.2, 0.25) is 0 Å². The van der Waals surface area contributed by atoms with Crippen LogP contribution in [0.1, 0.15) is 18.9 Å². The predicted octanol–water partition coefficient (Wildman–Crippen LogP) is 4.31. The number of imidazole rings is 1. The molecule has 4 aromatic heterocycles. The van der Waals surface area contributed by atoms with E-state index in [2.05, 4.69) is 54.6 Å². The summed E-state index contributed by atoms with van der Waals surface area (Å²) < 4.78 is 7.60. The third kappa shape index (κ3) is 3.52. The number of rotatable bonds is 4. The van der Waals surface area contributed by atoms with Crippen LogP contribution in [0.25, 0.3) is 44.6 Å². The second-order valence-corrected chi connectivity index (χ2v) is 8.66. The van der Waals surface area contributed by atoms with Crippen molar-refractivity contribution in [1.82, 2.24) is 34.4 Å². The van der Waals surface area contributed by atoms with Crippen LogP contribution >= 0.6 is 0 Å². The Balaban J connectivity index is 1.43. The minimum absolute atomic E-state index is 0.444. The summed E-state index contributed by atoms with van der Waals surface area (Å²) in [5.41, 5.74) is 7.59. The average Bonchev–Trinajstić information content (AvgIpc) is 3.47. The zero-order valence-corrected chi connectivity index (χ0v) is 18.7. The number of methoxy groups -OCH3 is 1. The summed E-state index contributed by atoms with van der Waals surface area (Å²) in [6, 6.07) is 10.7. The maximum absolute atomic E-state index is 5.27. The molecule has 8 heteroatoms. The van der Waals surface area contributed by atoms with Gasteiger partial charge in [0, 0.05) is 42.2 Å². The van der Waals surface area contributed by atoms with E-state index < -0.39 is 0 Å². The lowest BCUT2D eigenvalue weighted by Gasteiger charge is -2.30. The van der Waals surface area contributed by atoms with Crippen LogP contribution < -0.4 is 4.74 Å². The first-order valence-electron chi connectivity index (χ1n) is 11.2. The highest BCUT2D eigenvalue weighted by Gasteiger charge is 2.21. The number of likely N-dealkylation sites (N-methyl/N-ethyl adjacent to an activating group) is 1. The number of H-pyrrole nitrogens is 1. The van der Waals surface area contributed by atoms with Crippen LogP contribution in [0.3, 0.4) is 0 Å². The van der Waals surface area contributed by atoms with Crippen LogP contribution in [0, 0.1) is 0 Å². The van der Waals surface area contributed by atoms with Gasteiger partial charge >= 0.3 is 0 Å². The molecule has 1 aliphatic heterocycles. The van der Waals surface area contributed by atoms with Gasteiger partial charge in [-0.05, 0) is 50.2 Å². The SMILES string of the molecule is COc1cc(-c2cnc3[nH]cc(-c4ccc5ncn(C6CCCN(C)C6)c5c4)c3n2)ccn1. The van der Waals surface area contributed by atoms with E-state index in [1.807, 2.05) is 24.7 Å². The summed E-state index contributed by atoms with van der Waals surface area (Å²) in [4.78, 5) is 24.1. The zero-order chi connectivity index (χ0) is 22.4. The summed E-state index contributed by atoms with van der Waals surface area (Å²) in [5.74, 6) is 0.552. The minimum Gasteiger partial charge on any atom is -0.481 e. The first-order valence-corrected chi connectivity index (χ1v) is 11.2. The number of piperidine rings is 1. The molecule has 1 fully saturated rings. The second-order valence-electron chi connectivity index (χ2n) is 8.66. The van der Waals surface area contributed by atoms with E-state index in [4.69, 9.17) is 9.72 Å². The third-order valence-electron chi connectivity index (χ3n) is 6.50. The van der Waals surface area contributed by atoms with E-state index in [-0.39, 0.29) is 0 Å². The third-order valence-corrected chi connectivity index (χ3v) is 6.50. The van der Waals surface area contributed by atoms with Crippen molar-refractivity contribution in [3.63, 3.8) is 0 Å². The number of aromatic nitrogens is 6. The van der Waals surface area contributed by atoms with E-state index in [9.17, 15) is 0 Å². The first-order chi connectivity index (χ1) is 16.2. The van der Waals surface area contributed by atoms with Crippen LogP contribution in [0.15, 0.2) is 55.2 Å². The Morgan fingerprint density at radius 2 is 2.03 bits per heavy atom. The lowest BCUT2D eigenvalue weighted by atomic mass is 10.0. The van der Waals surface area contributed by atoms with Gasteiger partial charge in [-0.3, -0.25) is 0 Å². The fourth-order valence-electron chi connectivity index (χ4n) is 4.78. The molecular formula is C25H25N7O. The maximum atomic E-state index is 5.27. The Bertz CT molecular complexity index is 1450. The Morgan fingerprint density at radius 3 is 2.91 bits per heavy atom. The first kappa shape index (κ1) is 19.9. The van der Waals surface area contributed by atoms with Crippen molar-refractivity contribution in [2.24, 2.45) is 0 Å². The second kappa shape index (κ2) is 7.97. The molecule has 1 atom stereocenters. The fraction of sp³-hybridized carbons (Fsp3) is 0.280. The number of nitrogens with zero attached hydrogens (tertiary/aromatic N) is 6. The number of benzene rings is 1. The van der Waals surface area contributed by atoms with E-state index in [0.29, 0.717) is 11.9 Å². The fourth-order valence-corrected chi connectivity index (χ4v) is 4.78. The van der Waals surface area contributed by atoms with Gasteiger partial charge in [0.15, 0.2) is 5.65 Å². The predicted molar refractivity (Wildman–Crippen MR) is 128 cm³/mol. The Hall–Kier alpha value is -3.78. The van der Waals surface area contributed by atoms with Crippen molar-refractivity contribution >= 4 is 22.2 Å². The quantitative estimate of drug-likeness (QED) is 0.449. The maximum Gasteiger partial charge on any atom is 0.213 e. The highest BCUT2D eigenvalue weighted by Crippen LogP contribution is 2.32.